The molecule has 4 N–H and O–H groups in total. The number of esters is 1. The number of ether oxygens (including phenoxy) is 2. The van der Waals surface area contributed by atoms with Crippen molar-refractivity contribution in [2.24, 2.45) is 10.9 Å². The molecule has 0 aliphatic carbocycles. The van der Waals surface area contributed by atoms with Crippen LogP contribution in [-0.4, -0.2) is 66.1 Å². The van der Waals surface area contributed by atoms with Crippen molar-refractivity contribution >= 4 is 35.7 Å². The maximum atomic E-state index is 15.0. The van der Waals surface area contributed by atoms with E-state index >= 15 is 4.39 Å². The maximum Gasteiger partial charge on any atom is 0.448 e. The molecule has 0 unspecified atom stereocenters. The molecular weight excluding hydrogens is 512 g/mol. The first-order chi connectivity index (χ1) is 18.3. The molecule has 1 amide bonds. The summed E-state index contributed by atoms with van der Waals surface area (Å²) < 4.78 is 36.1. The van der Waals surface area contributed by atoms with Crippen LogP contribution in [0.4, 0.5) is 19.5 Å². The predicted octanol–water partition coefficient (Wildman–Crippen LogP) is 1.12. The SMILES string of the molecule is N=C(N)OC(=O)NOC(=O)/C=C\C(=O)OCc1cccc(-c2cnc(N3CC(=NOCCF)C3)nc2)c1F. The zero-order valence-electron chi connectivity index (χ0n) is 19.6. The number of aromatic nitrogens is 2. The molecule has 2 heterocycles. The topological polar surface area (TPSA) is 191 Å². The van der Waals surface area contributed by atoms with E-state index in [9.17, 15) is 18.8 Å². The Morgan fingerprint density at radius 1 is 1.18 bits per heavy atom. The summed E-state index contributed by atoms with van der Waals surface area (Å²) >= 11 is 0. The van der Waals surface area contributed by atoms with Gasteiger partial charge in [0.25, 0.3) is 6.02 Å². The van der Waals surface area contributed by atoms with Crippen LogP contribution in [0.2, 0.25) is 0 Å². The molecule has 200 valence electrons. The van der Waals surface area contributed by atoms with Gasteiger partial charge in [-0.3, -0.25) is 5.41 Å². The van der Waals surface area contributed by atoms with Crippen molar-refractivity contribution in [2.45, 2.75) is 6.61 Å². The molecule has 0 radical (unpaired) electrons. The molecule has 16 heteroatoms. The van der Waals surface area contributed by atoms with Crippen molar-refractivity contribution in [1.29, 1.82) is 5.41 Å². The number of nitrogens with zero attached hydrogens (tertiary/aromatic N) is 4. The fraction of sp³-hybridized carbons (Fsp3) is 0.227. The summed E-state index contributed by atoms with van der Waals surface area (Å²) in [6.45, 7) is -0.320. The second-order valence-corrected chi connectivity index (χ2v) is 7.30. The second-order valence-electron chi connectivity index (χ2n) is 7.30. The van der Waals surface area contributed by atoms with Crippen molar-refractivity contribution in [2.75, 3.05) is 31.3 Å². The summed E-state index contributed by atoms with van der Waals surface area (Å²) in [5.41, 5.74) is 7.69. The first kappa shape index (κ1) is 27.4. The molecule has 1 fully saturated rings. The van der Waals surface area contributed by atoms with E-state index in [1.54, 1.807) is 11.0 Å². The predicted molar refractivity (Wildman–Crippen MR) is 126 cm³/mol. The molecule has 0 spiro atoms. The smallest absolute Gasteiger partial charge is 0.448 e. The first-order valence-corrected chi connectivity index (χ1v) is 10.7. The number of alkyl halides is 1. The summed E-state index contributed by atoms with van der Waals surface area (Å²) in [6.07, 6.45) is 2.91. The minimum Gasteiger partial charge on any atom is -0.458 e. The van der Waals surface area contributed by atoms with E-state index in [0.29, 0.717) is 36.8 Å². The van der Waals surface area contributed by atoms with Crippen LogP contribution in [0.1, 0.15) is 5.56 Å². The molecule has 1 aliphatic heterocycles. The van der Waals surface area contributed by atoms with E-state index in [1.807, 2.05) is 0 Å². The van der Waals surface area contributed by atoms with Gasteiger partial charge in [0.05, 0.1) is 18.8 Å². The normalized spacial score (nSPS) is 12.4. The second kappa shape index (κ2) is 13.2. The lowest BCUT2D eigenvalue weighted by atomic mass is 10.1. The van der Waals surface area contributed by atoms with E-state index in [2.05, 4.69) is 24.7 Å². The minimum absolute atomic E-state index is 0.0569. The van der Waals surface area contributed by atoms with Crippen LogP contribution < -0.4 is 16.1 Å². The number of oxime groups is 1. The summed E-state index contributed by atoms with van der Waals surface area (Å²) in [7, 11) is 0. The number of hydroxylamine groups is 1. The van der Waals surface area contributed by atoms with Gasteiger partial charge in [-0.05, 0) is 0 Å². The van der Waals surface area contributed by atoms with Crippen molar-refractivity contribution in [3.63, 3.8) is 0 Å². The van der Waals surface area contributed by atoms with Crippen molar-refractivity contribution in [3.8, 4) is 11.1 Å². The van der Waals surface area contributed by atoms with E-state index in [4.69, 9.17) is 20.7 Å². The van der Waals surface area contributed by atoms with Gasteiger partial charge < -0.3 is 29.8 Å². The Morgan fingerprint density at radius 2 is 1.89 bits per heavy atom. The lowest BCUT2D eigenvalue weighted by Crippen LogP contribution is -2.48. The number of nitrogens with one attached hydrogen (secondary N) is 2. The van der Waals surface area contributed by atoms with Crippen LogP contribution in [0.3, 0.4) is 0 Å². The Hall–Kier alpha value is -5.15. The summed E-state index contributed by atoms with van der Waals surface area (Å²) in [5.74, 6) is -2.40. The first-order valence-electron chi connectivity index (χ1n) is 10.7. The quantitative estimate of drug-likeness (QED) is 0.0796. The summed E-state index contributed by atoms with van der Waals surface area (Å²) in [4.78, 5) is 53.6. The van der Waals surface area contributed by atoms with Crippen molar-refractivity contribution in [3.05, 3.63) is 54.1 Å². The third-order valence-corrected chi connectivity index (χ3v) is 4.58. The van der Waals surface area contributed by atoms with Crippen molar-refractivity contribution < 1.29 is 42.3 Å². The number of amidine groups is 1. The van der Waals surface area contributed by atoms with Gasteiger partial charge in [0.2, 0.25) is 5.95 Å². The number of anilines is 1. The number of benzene rings is 1. The molecule has 1 saturated heterocycles. The van der Waals surface area contributed by atoms with Gasteiger partial charge in [0.1, 0.15) is 25.7 Å². The minimum atomic E-state index is -1.32. The number of halogens is 2. The maximum absolute atomic E-state index is 15.0. The molecule has 14 nitrogen and oxygen atoms in total. The molecular formula is C22H21F2N7O7. The highest BCUT2D eigenvalue weighted by Gasteiger charge is 2.25. The summed E-state index contributed by atoms with van der Waals surface area (Å²) in [6, 6.07) is 3.56. The molecule has 1 aromatic heterocycles. The number of amides is 1. The van der Waals surface area contributed by atoms with Gasteiger partial charge in [-0.25, -0.2) is 33.1 Å². The average Bonchev–Trinajstić information content (AvgIpc) is 2.87. The number of hydrogen-bond acceptors (Lipinski definition) is 12. The molecule has 38 heavy (non-hydrogen) atoms. The Bertz CT molecular complexity index is 1250. The molecule has 1 aliphatic rings. The molecule has 0 bridgehead atoms. The number of rotatable bonds is 9. The van der Waals surface area contributed by atoms with Gasteiger partial charge >= 0.3 is 18.0 Å². The fourth-order valence-corrected chi connectivity index (χ4v) is 2.88. The number of carbonyl (C=O) groups excluding carboxylic acids is 3. The molecule has 1 aromatic carbocycles. The van der Waals surface area contributed by atoms with Crippen LogP contribution in [0, 0.1) is 11.2 Å². The van der Waals surface area contributed by atoms with Gasteiger partial charge in [-0.15, -0.1) is 5.48 Å². The van der Waals surface area contributed by atoms with Crippen LogP contribution >= 0.6 is 0 Å². The van der Waals surface area contributed by atoms with Crippen LogP contribution in [0.5, 0.6) is 0 Å². The Balaban J connectivity index is 1.51. The largest absolute Gasteiger partial charge is 0.458 e. The zero-order chi connectivity index (χ0) is 27.5. The van der Waals surface area contributed by atoms with Gasteiger partial charge in [-0.1, -0.05) is 23.4 Å². The lowest BCUT2D eigenvalue weighted by Gasteiger charge is -2.31. The van der Waals surface area contributed by atoms with Gasteiger partial charge in [-0.2, -0.15) is 0 Å². The summed E-state index contributed by atoms with van der Waals surface area (Å²) in [5, 5.41) is 10.5. The monoisotopic (exact) mass is 533 g/mol. The Labute approximate surface area is 213 Å². The zero-order valence-corrected chi connectivity index (χ0v) is 19.6. The third kappa shape index (κ3) is 7.94. The van der Waals surface area contributed by atoms with E-state index < -0.39 is 43.2 Å². The van der Waals surface area contributed by atoms with E-state index in [-0.39, 0.29) is 17.7 Å². The lowest BCUT2D eigenvalue weighted by molar-refractivity contribution is -0.144. The highest BCUT2D eigenvalue weighted by Crippen LogP contribution is 2.26. The van der Waals surface area contributed by atoms with Gasteiger partial charge in [0.15, 0.2) is 0 Å². The highest BCUT2D eigenvalue weighted by molar-refractivity contribution is 5.98. The number of hydrogen-bond donors (Lipinski definition) is 3. The Morgan fingerprint density at radius 3 is 2.58 bits per heavy atom. The van der Waals surface area contributed by atoms with Gasteiger partial charge in [0, 0.05) is 41.2 Å². The molecule has 3 rings (SSSR count). The standard InChI is InChI=1S/C22H21F2N7O7/c23-6-7-36-29-15-10-31(11-15)21-27-8-14(9-28-21)16-3-1-2-13(19(16)24)12-35-17(32)4-5-18(33)38-30-22(34)37-20(25)26/h1-5,8-9H,6-7,10-12H2,(H3,25,26)(H,30,34)/b5-4-. The molecule has 0 atom stereocenters. The number of nitrogens with two attached hydrogens (primary N) is 1. The van der Waals surface area contributed by atoms with E-state index in [0.717, 1.165) is 5.71 Å². The molecule has 2 aromatic rings. The number of carbonyl (C=O) groups is 3. The Kier molecular flexibility index (Phi) is 9.56. The third-order valence-electron chi connectivity index (χ3n) is 4.58. The van der Waals surface area contributed by atoms with Crippen LogP contribution in [0.15, 0.2) is 47.9 Å². The fourth-order valence-electron chi connectivity index (χ4n) is 2.88. The average molecular weight is 533 g/mol. The van der Waals surface area contributed by atoms with Crippen molar-refractivity contribution in [1.82, 2.24) is 15.4 Å². The molecule has 0 saturated carbocycles. The van der Waals surface area contributed by atoms with Crippen LogP contribution in [-0.2, 0) is 35.3 Å². The highest BCUT2D eigenvalue weighted by atomic mass is 19.1. The van der Waals surface area contributed by atoms with Crippen LogP contribution in [0.25, 0.3) is 11.1 Å². The van der Waals surface area contributed by atoms with E-state index in [1.165, 1.54) is 30.0 Å².